The normalized spacial score (nSPS) is 13.0. The minimum Gasteiger partial charge on any atom is -0.306 e. The highest BCUT2D eigenvalue weighted by atomic mass is 15.2. The molecule has 3 aromatic heterocycles. The molecule has 6 heteroatoms. The molecule has 3 aromatic rings. The van der Waals surface area contributed by atoms with Gasteiger partial charge in [0.1, 0.15) is 11.3 Å². The van der Waals surface area contributed by atoms with Gasteiger partial charge in [-0.3, -0.25) is 9.97 Å². The van der Waals surface area contributed by atoms with Crippen LogP contribution < -0.4 is 0 Å². The molecule has 0 aliphatic rings. The number of aromatic nitrogens is 6. The third-order valence-electron chi connectivity index (χ3n) is 3.79. The van der Waals surface area contributed by atoms with Crippen molar-refractivity contribution >= 4 is 11.2 Å². The minimum absolute atomic E-state index is 0.0262. The fourth-order valence-corrected chi connectivity index (χ4v) is 2.45. The number of nitrogens with zero attached hydrogens (tertiary/aromatic N) is 6. The van der Waals surface area contributed by atoms with E-state index in [1.807, 2.05) is 10.9 Å². The van der Waals surface area contributed by atoms with E-state index in [4.69, 9.17) is 4.98 Å². The van der Waals surface area contributed by atoms with Gasteiger partial charge in [-0.2, -0.15) is 0 Å². The van der Waals surface area contributed by atoms with Crippen LogP contribution in [0.1, 0.15) is 56.9 Å². The van der Waals surface area contributed by atoms with Crippen LogP contribution in [0.15, 0.2) is 24.9 Å². The maximum atomic E-state index is 4.73. The summed E-state index contributed by atoms with van der Waals surface area (Å²) in [6.07, 6.45) is 7.83. The predicted molar refractivity (Wildman–Crippen MR) is 84.6 cm³/mol. The largest absolute Gasteiger partial charge is 0.306 e. The summed E-state index contributed by atoms with van der Waals surface area (Å²) in [6.45, 7) is 8.38. The van der Waals surface area contributed by atoms with Crippen LogP contribution in [0.2, 0.25) is 0 Å². The van der Waals surface area contributed by atoms with Crippen LogP contribution in [0.4, 0.5) is 0 Å². The average Bonchev–Trinajstić information content (AvgIpc) is 2.97. The van der Waals surface area contributed by atoms with Crippen LogP contribution >= 0.6 is 0 Å². The summed E-state index contributed by atoms with van der Waals surface area (Å²) in [7, 11) is 0. The van der Waals surface area contributed by atoms with Gasteiger partial charge in [-0.25, -0.2) is 15.0 Å². The summed E-state index contributed by atoms with van der Waals surface area (Å²) in [4.78, 5) is 22.4. The molecule has 1 atom stereocenters. The Morgan fingerprint density at radius 3 is 2.55 bits per heavy atom. The van der Waals surface area contributed by atoms with E-state index in [1.165, 1.54) is 0 Å². The molecule has 1 unspecified atom stereocenters. The molecule has 3 heterocycles. The number of aryl methyl sites for hydroxylation is 1. The van der Waals surface area contributed by atoms with E-state index in [0.29, 0.717) is 0 Å². The number of imidazole rings is 1. The second-order valence-corrected chi connectivity index (χ2v) is 5.67. The van der Waals surface area contributed by atoms with Crippen LogP contribution in [0.25, 0.3) is 11.2 Å². The zero-order valence-electron chi connectivity index (χ0n) is 13.4. The van der Waals surface area contributed by atoms with Crippen molar-refractivity contribution in [1.82, 2.24) is 29.5 Å². The van der Waals surface area contributed by atoms with Crippen molar-refractivity contribution in [3.05, 3.63) is 42.1 Å². The van der Waals surface area contributed by atoms with Crippen molar-refractivity contribution in [3.8, 4) is 0 Å². The molecule has 22 heavy (non-hydrogen) atoms. The molecule has 0 fully saturated rings. The van der Waals surface area contributed by atoms with Crippen molar-refractivity contribution in [3.63, 3.8) is 0 Å². The van der Waals surface area contributed by atoms with E-state index >= 15 is 0 Å². The SMILES string of the molecule is CCc1nc(C(C)C)nc2c1ncn2C(C)c1cnccn1. The van der Waals surface area contributed by atoms with Gasteiger partial charge in [-0.15, -0.1) is 0 Å². The van der Waals surface area contributed by atoms with Gasteiger partial charge < -0.3 is 4.57 Å². The quantitative estimate of drug-likeness (QED) is 0.740. The van der Waals surface area contributed by atoms with Crippen molar-refractivity contribution < 1.29 is 0 Å². The summed E-state index contributed by atoms with van der Waals surface area (Å²) in [5.74, 6) is 1.14. The van der Waals surface area contributed by atoms with E-state index in [-0.39, 0.29) is 12.0 Å². The third kappa shape index (κ3) is 2.45. The van der Waals surface area contributed by atoms with Crippen molar-refractivity contribution in [1.29, 1.82) is 0 Å². The monoisotopic (exact) mass is 296 g/mol. The average molecular weight is 296 g/mol. The number of fused-ring (bicyclic) bond motifs is 1. The highest BCUT2D eigenvalue weighted by Gasteiger charge is 2.18. The van der Waals surface area contributed by atoms with Gasteiger partial charge in [0.05, 0.1) is 30.0 Å². The first-order valence-corrected chi connectivity index (χ1v) is 7.61. The van der Waals surface area contributed by atoms with Gasteiger partial charge in [0, 0.05) is 18.3 Å². The van der Waals surface area contributed by atoms with Crippen LogP contribution in [0.5, 0.6) is 0 Å². The Morgan fingerprint density at radius 2 is 1.91 bits per heavy atom. The molecule has 6 nitrogen and oxygen atoms in total. The van der Waals surface area contributed by atoms with Crippen LogP contribution in [-0.2, 0) is 6.42 Å². The first kappa shape index (κ1) is 14.6. The lowest BCUT2D eigenvalue weighted by Crippen LogP contribution is -2.10. The summed E-state index contributed by atoms with van der Waals surface area (Å²) in [5.41, 5.74) is 3.64. The predicted octanol–water partition coefficient (Wildman–Crippen LogP) is 2.91. The molecule has 0 amide bonds. The van der Waals surface area contributed by atoms with E-state index in [0.717, 1.165) is 34.8 Å². The lowest BCUT2D eigenvalue weighted by Gasteiger charge is -2.14. The number of hydrogen-bond donors (Lipinski definition) is 0. The Bertz CT molecular complexity index is 778. The van der Waals surface area contributed by atoms with E-state index < -0.39 is 0 Å². The molecular weight excluding hydrogens is 276 g/mol. The molecule has 114 valence electrons. The molecule has 3 rings (SSSR count). The Balaban J connectivity index is 2.16. The van der Waals surface area contributed by atoms with E-state index in [9.17, 15) is 0 Å². The minimum atomic E-state index is 0.0262. The molecule has 0 bridgehead atoms. The summed E-state index contributed by atoms with van der Waals surface area (Å²) in [5, 5.41) is 0. The van der Waals surface area contributed by atoms with E-state index in [2.05, 4.69) is 47.6 Å². The summed E-state index contributed by atoms with van der Waals surface area (Å²) < 4.78 is 2.05. The van der Waals surface area contributed by atoms with Crippen LogP contribution in [-0.4, -0.2) is 29.5 Å². The molecule has 0 radical (unpaired) electrons. The Labute approximate surface area is 129 Å². The molecule has 0 saturated heterocycles. The zero-order valence-corrected chi connectivity index (χ0v) is 13.4. The smallest absolute Gasteiger partial charge is 0.164 e. The van der Waals surface area contributed by atoms with Crippen LogP contribution in [0.3, 0.4) is 0 Å². The fourth-order valence-electron chi connectivity index (χ4n) is 2.45. The zero-order chi connectivity index (χ0) is 15.7. The fraction of sp³-hybridized carbons (Fsp3) is 0.438. The lowest BCUT2D eigenvalue weighted by molar-refractivity contribution is 0.626. The second kappa shape index (κ2) is 5.79. The summed E-state index contributed by atoms with van der Waals surface area (Å²) in [6, 6.07) is 0.0262. The second-order valence-electron chi connectivity index (χ2n) is 5.67. The van der Waals surface area contributed by atoms with Crippen molar-refractivity contribution in [2.45, 2.75) is 46.1 Å². The number of rotatable bonds is 4. The van der Waals surface area contributed by atoms with Crippen LogP contribution in [0, 0.1) is 0 Å². The molecule has 0 aliphatic heterocycles. The Hall–Kier alpha value is -2.37. The Morgan fingerprint density at radius 1 is 1.09 bits per heavy atom. The first-order valence-electron chi connectivity index (χ1n) is 7.61. The molecule has 0 saturated carbocycles. The van der Waals surface area contributed by atoms with Crippen molar-refractivity contribution in [2.75, 3.05) is 0 Å². The number of hydrogen-bond acceptors (Lipinski definition) is 5. The molecule has 0 aromatic carbocycles. The van der Waals surface area contributed by atoms with Gasteiger partial charge >= 0.3 is 0 Å². The van der Waals surface area contributed by atoms with Crippen molar-refractivity contribution in [2.24, 2.45) is 0 Å². The maximum absolute atomic E-state index is 4.73. The molecule has 0 spiro atoms. The first-order chi connectivity index (χ1) is 10.6. The topological polar surface area (TPSA) is 69.4 Å². The highest BCUT2D eigenvalue weighted by molar-refractivity contribution is 5.73. The lowest BCUT2D eigenvalue weighted by atomic mass is 10.2. The highest BCUT2D eigenvalue weighted by Crippen LogP contribution is 2.23. The molecule has 0 aliphatic carbocycles. The summed E-state index contributed by atoms with van der Waals surface area (Å²) >= 11 is 0. The standard InChI is InChI=1S/C16H20N6/c1-5-12-14-16(21-15(20-12)10(2)3)22(9-19-14)11(4)13-8-17-6-7-18-13/h6-11H,5H2,1-4H3. The van der Waals surface area contributed by atoms with Gasteiger partial charge in [-0.05, 0) is 13.3 Å². The van der Waals surface area contributed by atoms with E-state index in [1.54, 1.807) is 18.6 Å². The van der Waals surface area contributed by atoms with Gasteiger partial charge in [0.25, 0.3) is 0 Å². The van der Waals surface area contributed by atoms with Gasteiger partial charge in [0.2, 0.25) is 0 Å². The molecular formula is C16H20N6. The van der Waals surface area contributed by atoms with Gasteiger partial charge in [0.15, 0.2) is 5.65 Å². The van der Waals surface area contributed by atoms with Gasteiger partial charge in [-0.1, -0.05) is 20.8 Å². The molecule has 0 N–H and O–H groups in total. The third-order valence-corrected chi connectivity index (χ3v) is 3.79. The Kier molecular flexibility index (Phi) is 3.83. The maximum Gasteiger partial charge on any atom is 0.164 e.